The van der Waals surface area contributed by atoms with E-state index in [1.165, 1.54) is 0 Å². The highest BCUT2D eigenvalue weighted by Gasteiger charge is 2.57. The molecule has 0 bridgehead atoms. The van der Waals surface area contributed by atoms with Gasteiger partial charge in [0.2, 0.25) is 0 Å². The Hall–Kier alpha value is -2.32. The minimum absolute atomic E-state index is 0.121. The maximum atomic E-state index is 11.4. The number of aliphatic hydroxyl groups is 4. The van der Waals surface area contributed by atoms with E-state index in [1.54, 1.807) is 24.3 Å². The van der Waals surface area contributed by atoms with Crippen LogP contribution in [0.3, 0.4) is 0 Å². The van der Waals surface area contributed by atoms with Crippen LogP contribution >= 0.6 is 0 Å². The molecule has 0 fully saturated rings. The van der Waals surface area contributed by atoms with E-state index in [9.17, 15) is 20.4 Å². The van der Waals surface area contributed by atoms with E-state index in [-0.39, 0.29) is 11.6 Å². The van der Waals surface area contributed by atoms with Crippen molar-refractivity contribution in [2.75, 3.05) is 13.2 Å². The first-order valence-corrected chi connectivity index (χ1v) is 13.6. The standard InChI is InChI=1S/C28H34O5Si/c1-27(2,3)34(20-12-6-4-7-13-20,21-14-8-5-9-15-21)33-19-28(18-29)25(31)23-17-11-10-16-22(23)24(30)26(28)32/h4-17,24-26,29-32H,18-19H2,1-3H3/t24-,25-,26-,28-/m1/s1. The van der Waals surface area contributed by atoms with Crippen molar-refractivity contribution in [3.8, 4) is 0 Å². The Kier molecular flexibility index (Phi) is 6.84. The van der Waals surface area contributed by atoms with Crippen LogP contribution in [-0.4, -0.2) is 48.1 Å². The fourth-order valence-corrected chi connectivity index (χ4v) is 10.0. The fraction of sp³-hybridized carbons (Fsp3) is 0.357. The van der Waals surface area contributed by atoms with Gasteiger partial charge in [0.05, 0.1) is 24.2 Å². The molecule has 0 saturated heterocycles. The molecule has 0 heterocycles. The second-order valence-electron chi connectivity index (χ2n) is 10.3. The molecule has 0 unspecified atom stereocenters. The number of fused-ring (bicyclic) bond motifs is 1. The van der Waals surface area contributed by atoms with Gasteiger partial charge < -0.3 is 24.9 Å². The van der Waals surface area contributed by atoms with Crippen LogP contribution in [0.5, 0.6) is 0 Å². The summed E-state index contributed by atoms with van der Waals surface area (Å²) in [5, 5.41) is 45.9. The number of hydrogen-bond acceptors (Lipinski definition) is 5. The van der Waals surface area contributed by atoms with Gasteiger partial charge in [-0.2, -0.15) is 0 Å². The van der Waals surface area contributed by atoms with Crippen molar-refractivity contribution in [3.63, 3.8) is 0 Å². The molecule has 0 amide bonds. The highest BCUT2D eigenvalue weighted by atomic mass is 28.4. The molecule has 0 spiro atoms. The topological polar surface area (TPSA) is 90.2 Å². The van der Waals surface area contributed by atoms with Crippen LogP contribution in [0.1, 0.15) is 44.1 Å². The summed E-state index contributed by atoms with van der Waals surface area (Å²) in [5.41, 5.74) is -0.515. The normalized spacial score (nSPS) is 25.1. The zero-order valence-corrected chi connectivity index (χ0v) is 20.9. The average Bonchev–Trinajstić information content (AvgIpc) is 2.85. The molecule has 0 aliphatic heterocycles. The summed E-state index contributed by atoms with van der Waals surface area (Å²) >= 11 is 0. The Morgan fingerprint density at radius 1 is 0.765 bits per heavy atom. The lowest BCUT2D eigenvalue weighted by molar-refractivity contribution is -0.171. The highest BCUT2D eigenvalue weighted by molar-refractivity contribution is 6.99. The molecule has 4 N–H and O–H groups in total. The highest BCUT2D eigenvalue weighted by Crippen LogP contribution is 2.49. The first-order valence-electron chi connectivity index (χ1n) is 11.7. The number of aliphatic hydroxyl groups excluding tert-OH is 4. The van der Waals surface area contributed by atoms with Gasteiger partial charge in [-0.15, -0.1) is 0 Å². The SMILES string of the molecule is CC(C)(C)[Si](OC[C@]1(CO)[C@H](O)c2ccccc2[C@@H](O)[C@H]1O)(c1ccccc1)c1ccccc1. The number of hydrogen-bond donors (Lipinski definition) is 4. The second-order valence-corrected chi connectivity index (χ2v) is 14.6. The van der Waals surface area contributed by atoms with Crippen LogP contribution in [0.4, 0.5) is 0 Å². The first kappa shape index (κ1) is 24.8. The molecule has 34 heavy (non-hydrogen) atoms. The third-order valence-electron chi connectivity index (χ3n) is 7.31. The van der Waals surface area contributed by atoms with Gasteiger partial charge in [-0.1, -0.05) is 106 Å². The van der Waals surface area contributed by atoms with Crippen LogP contribution in [0.2, 0.25) is 5.04 Å². The first-order chi connectivity index (χ1) is 16.2. The van der Waals surface area contributed by atoms with Crippen LogP contribution < -0.4 is 10.4 Å². The summed E-state index contributed by atoms with van der Waals surface area (Å²) < 4.78 is 6.95. The summed E-state index contributed by atoms with van der Waals surface area (Å²) in [5.74, 6) is 0. The van der Waals surface area contributed by atoms with Crippen LogP contribution in [-0.2, 0) is 4.43 Å². The van der Waals surface area contributed by atoms with Gasteiger partial charge >= 0.3 is 0 Å². The van der Waals surface area contributed by atoms with Crippen molar-refractivity contribution in [1.82, 2.24) is 0 Å². The Morgan fingerprint density at radius 3 is 1.71 bits per heavy atom. The molecule has 0 saturated carbocycles. The lowest BCUT2D eigenvalue weighted by Gasteiger charge is -2.50. The minimum Gasteiger partial charge on any atom is -0.407 e. The molecule has 6 heteroatoms. The predicted octanol–water partition coefficient (Wildman–Crippen LogP) is 2.68. The van der Waals surface area contributed by atoms with E-state index in [2.05, 4.69) is 45.0 Å². The summed E-state index contributed by atoms with van der Waals surface area (Å²) in [4.78, 5) is 0. The van der Waals surface area contributed by atoms with Crippen molar-refractivity contribution in [2.45, 2.75) is 44.1 Å². The van der Waals surface area contributed by atoms with Crippen molar-refractivity contribution in [2.24, 2.45) is 5.41 Å². The molecule has 1 aliphatic rings. The second kappa shape index (κ2) is 9.38. The van der Waals surface area contributed by atoms with Crippen molar-refractivity contribution in [3.05, 3.63) is 96.1 Å². The van der Waals surface area contributed by atoms with Gasteiger partial charge in [0.1, 0.15) is 6.10 Å². The quantitative estimate of drug-likeness (QED) is 0.409. The molecule has 180 valence electrons. The van der Waals surface area contributed by atoms with Gasteiger partial charge in [0.25, 0.3) is 8.32 Å². The maximum absolute atomic E-state index is 11.4. The summed E-state index contributed by atoms with van der Waals surface area (Å²) in [7, 11) is -2.98. The van der Waals surface area contributed by atoms with Gasteiger partial charge in [-0.05, 0) is 26.5 Å². The lowest BCUT2D eigenvalue weighted by Crippen LogP contribution is -2.68. The van der Waals surface area contributed by atoms with Crippen molar-refractivity contribution >= 4 is 18.7 Å². The van der Waals surface area contributed by atoms with Gasteiger partial charge in [0, 0.05) is 6.61 Å². The van der Waals surface area contributed by atoms with Gasteiger partial charge in [-0.25, -0.2) is 0 Å². The molecular formula is C28H34O5Si. The number of benzene rings is 3. The van der Waals surface area contributed by atoms with Crippen LogP contribution in [0, 0.1) is 5.41 Å². The summed E-state index contributed by atoms with van der Waals surface area (Å²) in [6.45, 7) is 5.76. The van der Waals surface area contributed by atoms with E-state index in [0.29, 0.717) is 11.1 Å². The molecule has 4 rings (SSSR count). The van der Waals surface area contributed by atoms with Crippen molar-refractivity contribution < 1.29 is 24.9 Å². The zero-order chi connectivity index (χ0) is 24.6. The third kappa shape index (κ3) is 3.84. The Morgan fingerprint density at radius 2 is 1.24 bits per heavy atom. The lowest BCUT2D eigenvalue weighted by atomic mass is 9.67. The summed E-state index contributed by atoms with van der Waals surface area (Å²) in [6.07, 6.45) is -3.85. The number of rotatable bonds is 6. The van der Waals surface area contributed by atoms with Crippen LogP contribution in [0.25, 0.3) is 0 Å². The smallest absolute Gasteiger partial charge is 0.261 e. The van der Waals surface area contributed by atoms with E-state index in [4.69, 9.17) is 4.43 Å². The van der Waals surface area contributed by atoms with Crippen LogP contribution in [0.15, 0.2) is 84.9 Å². The Labute approximate surface area is 202 Å². The largest absolute Gasteiger partial charge is 0.407 e. The molecule has 3 aromatic rings. The van der Waals surface area contributed by atoms with Gasteiger partial charge in [-0.3, -0.25) is 0 Å². The molecule has 1 aliphatic carbocycles. The van der Waals surface area contributed by atoms with E-state index in [0.717, 1.165) is 10.4 Å². The van der Waals surface area contributed by atoms with E-state index < -0.39 is 38.7 Å². The molecule has 4 atom stereocenters. The van der Waals surface area contributed by atoms with Gasteiger partial charge in [0.15, 0.2) is 0 Å². The molecular weight excluding hydrogens is 444 g/mol. The summed E-state index contributed by atoms with van der Waals surface area (Å²) in [6, 6.07) is 27.1. The average molecular weight is 479 g/mol. The van der Waals surface area contributed by atoms with Crippen molar-refractivity contribution in [1.29, 1.82) is 0 Å². The van der Waals surface area contributed by atoms with E-state index >= 15 is 0 Å². The maximum Gasteiger partial charge on any atom is 0.261 e. The fourth-order valence-electron chi connectivity index (χ4n) is 5.38. The van der Waals surface area contributed by atoms with E-state index in [1.807, 2.05) is 36.4 Å². The Bertz CT molecular complexity index is 1060. The third-order valence-corrected chi connectivity index (χ3v) is 12.3. The Balaban J connectivity index is 1.85. The predicted molar refractivity (Wildman–Crippen MR) is 135 cm³/mol. The molecule has 5 nitrogen and oxygen atoms in total. The minimum atomic E-state index is -2.98. The monoisotopic (exact) mass is 478 g/mol. The zero-order valence-electron chi connectivity index (χ0n) is 19.9. The molecule has 0 radical (unpaired) electrons. The molecule has 0 aromatic heterocycles. The molecule has 3 aromatic carbocycles.